The second kappa shape index (κ2) is 8.04. The van der Waals surface area contributed by atoms with Gasteiger partial charge in [0.2, 0.25) is 0 Å². The van der Waals surface area contributed by atoms with Crippen LogP contribution in [0.25, 0.3) is 10.9 Å². The number of carbonyl (C=O) groups excluding carboxylic acids is 1. The van der Waals surface area contributed by atoms with Crippen molar-refractivity contribution in [3.8, 4) is 5.75 Å². The van der Waals surface area contributed by atoms with Crippen LogP contribution in [0.3, 0.4) is 0 Å². The number of nitrogens with zero attached hydrogens (tertiary/aromatic N) is 2. The van der Waals surface area contributed by atoms with Crippen LogP contribution in [0.4, 0.5) is 4.79 Å². The summed E-state index contributed by atoms with van der Waals surface area (Å²) in [5.74, 6) is 0.711. The quantitative estimate of drug-likeness (QED) is 0.219. The standard InChI is InChI=1S/C14H14ClN3O4/c15-6-8-20-14(19)22-18-12(16)9-21-11-5-1-3-10-4-2-7-17-13(10)11/h1-5,7H,6,8-9H2,(H2,16,18). The van der Waals surface area contributed by atoms with Gasteiger partial charge in [-0.25, -0.2) is 4.79 Å². The average Bonchev–Trinajstić information content (AvgIpc) is 2.56. The van der Waals surface area contributed by atoms with Crippen molar-refractivity contribution in [2.24, 2.45) is 10.9 Å². The smallest absolute Gasteiger partial charge is 0.483 e. The van der Waals surface area contributed by atoms with Gasteiger partial charge in [-0.2, -0.15) is 0 Å². The summed E-state index contributed by atoms with van der Waals surface area (Å²) >= 11 is 5.35. The van der Waals surface area contributed by atoms with Gasteiger partial charge in [0.05, 0.1) is 5.88 Å². The zero-order chi connectivity index (χ0) is 15.8. The largest absolute Gasteiger partial charge is 0.535 e. The molecule has 8 heteroatoms. The summed E-state index contributed by atoms with van der Waals surface area (Å²) in [6.07, 6.45) is 0.693. The van der Waals surface area contributed by atoms with Gasteiger partial charge in [0, 0.05) is 11.6 Å². The highest BCUT2D eigenvalue weighted by Gasteiger charge is 2.06. The molecule has 0 aliphatic carbocycles. The van der Waals surface area contributed by atoms with Gasteiger partial charge >= 0.3 is 6.16 Å². The van der Waals surface area contributed by atoms with Crippen molar-refractivity contribution in [2.75, 3.05) is 19.1 Å². The van der Waals surface area contributed by atoms with E-state index in [1.165, 1.54) is 0 Å². The zero-order valence-corrected chi connectivity index (χ0v) is 12.3. The number of benzene rings is 1. The Kier molecular flexibility index (Phi) is 5.79. The Morgan fingerprint density at radius 2 is 2.14 bits per heavy atom. The zero-order valence-electron chi connectivity index (χ0n) is 11.6. The predicted molar refractivity (Wildman–Crippen MR) is 82.0 cm³/mol. The highest BCUT2D eigenvalue weighted by molar-refractivity contribution is 6.18. The summed E-state index contributed by atoms with van der Waals surface area (Å²) in [7, 11) is 0. The number of fused-ring (bicyclic) bond motifs is 1. The number of hydrogen-bond donors (Lipinski definition) is 1. The molecule has 1 heterocycles. The third kappa shape index (κ3) is 4.49. The van der Waals surface area contributed by atoms with Crippen LogP contribution in [-0.2, 0) is 9.57 Å². The predicted octanol–water partition coefficient (Wildman–Crippen LogP) is 2.28. The number of ether oxygens (including phenoxy) is 2. The van der Waals surface area contributed by atoms with E-state index >= 15 is 0 Å². The van der Waals surface area contributed by atoms with E-state index in [2.05, 4.69) is 19.7 Å². The maximum absolute atomic E-state index is 11.0. The molecular formula is C14H14ClN3O4. The minimum absolute atomic E-state index is 0.0178. The highest BCUT2D eigenvalue weighted by atomic mass is 35.5. The fourth-order valence-electron chi connectivity index (χ4n) is 1.61. The molecule has 2 aromatic rings. The van der Waals surface area contributed by atoms with Gasteiger partial charge in [-0.1, -0.05) is 23.4 Å². The first-order valence-corrected chi connectivity index (χ1v) is 6.93. The van der Waals surface area contributed by atoms with Crippen molar-refractivity contribution in [1.29, 1.82) is 0 Å². The lowest BCUT2D eigenvalue weighted by Gasteiger charge is -2.07. The normalized spacial score (nSPS) is 11.2. The summed E-state index contributed by atoms with van der Waals surface area (Å²) in [5.41, 5.74) is 6.30. The van der Waals surface area contributed by atoms with Crippen LogP contribution in [0.2, 0.25) is 0 Å². The first-order chi connectivity index (χ1) is 10.7. The monoisotopic (exact) mass is 323 g/mol. The fourth-order valence-corrected chi connectivity index (χ4v) is 1.69. The molecule has 0 radical (unpaired) electrons. The van der Waals surface area contributed by atoms with Crippen LogP contribution in [0.1, 0.15) is 0 Å². The van der Waals surface area contributed by atoms with Gasteiger partial charge in [0.15, 0.2) is 5.84 Å². The Morgan fingerprint density at radius 3 is 2.95 bits per heavy atom. The number of carbonyl (C=O) groups is 1. The molecule has 7 nitrogen and oxygen atoms in total. The van der Waals surface area contributed by atoms with Crippen molar-refractivity contribution in [1.82, 2.24) is 4.98 Å². The first-order valence-electron chi connectivity index (χ1n) is 6.39. The van der Waals surface area contributed by atoms with Gasteiger partial charge in [-0.05, 0) is 12.1 Å². The molecule has 1 aromatic heterocycles. The van der Waals surface area contributed by atoms with Crippen LogP contribution in [0.15, 0.2) is 41.7 Å². The van der Waals surface area contributed by atoms with Crippen molar-refractivity contribution in [3.63, 3.8) is 0 Å². The molecule has 0 unspecified atom stereocenters. The third-order valence-electron chi connectivity index (χ3n) is 2.51. The number of amidine groups is 1. The van der Waals surface area contributed by atoms with Crippen LogP contribution in [0.5, 0.6) is 5.75 Å². The number of nitrogens with two attached hydrogens (primary N) is 1. The molecule has 0 amide bonds. The van der Waals surface area contributed by atoms with Crippen molar-refractivity contribution in [2.45, 2.75) is 0 Å². The van der Waals surface area contributed by atoms with Crippen LogP contribution in [-0.4, -0.2) is 36.1 Å². The van der Waals surface area contributed by atoms with E-state index in [-0.39, 0.29) is 24.9 Å². The van der Waals surface area contributed by atoms with Crippen molar-refractivity contribution >= 4 is 34.5 Å². The number of rotatable bonds is 6. The number of oxime groups is 1. The Hall–Kier alpha value is -2.54. The maximum atomic E-state index is 11.0. The van der Waals surface area contributed by atoms with Crippen LogP contribution in [0, 0.1) is 0 Å². The number of hydrogen-bond acceptors (Lipinski definition) is 6. The topological polar surface area (TPSA) is 96.0 Å². The molecule has 0 saturated heterocycles. The van der Waals surface area contributed by atoms with Gasteiger partial charge in [-0.3, -0.25) is 9.82 Å². The minimum atomic E-state index is -0.976. The van der Waals surface area contributed by atoms with Gasteiger partial charge < -0.3 is 15.2 Å². The number of aromatic nitrogens is 1. The number of alkyl halides is 1. The SMILES string of the molecule is N/C(COc1cccc2cccnc12)=N\OC(=O)OCCCl. The first kappa shape index (κ1) is 15.8. The Labute approximate surface area is 131 Å². The molecule has 1 aromatic carbocycles. The molecule has 0 saturated carbocycles. The van der Waals surface area contributed by atoms with E-state index in [1.807, 2.05) is 24.3 Å². The Balaban J connectivity index is 1.92. The van der Waals surface area contributed by atoms with Gasteiger partial charge in [0.1, 0.15) is 24.5 Å². The maximum Gasteiger partial charge on any atom is 0.535 e. The molecule has 0 spiro atoms. The number of halogens is 1. The lowest BCUT2D eigenvalue weighted by molar-refractivity contribution is 0.0613. The van der Waals surface area contributed by atoms with Crippen molar-refractivity contribution in [3.05, 3.63) is 36.5 Å². The molecule has 2 rings (SSSR count). The molecule has 116 valence electrons. The summed E-state index contributed by atoms with van der Waals surface area (Å²) in [6, 6.07) is 9.28. The highest BCUT2D eigenvalue weighted by Crippen LogP contribution is 2.22. The minimum Gasteiger partial charge on any atom is -0.483 e. The van der Waals surface area contributed by atoms with E-state index in [1.54, 1.807) is 12.3 Å². The summed E-state index contributed by atoms with van der Waals surface area (Å²) in [4.78, 5) is 19.7. The van der Waals surface area contributed by atoms with Crippen molar-refractivity contribution < 1.29 is 19.1 Å². The van der Waals surface area contributed by atoms with Gasteiger partial charge in [-0.15, -0.1) is 11.6 Å². The van der Waals surface area contributed by atoms with Crippen LogP contribution >= 0.6 is 11.6 Å². The average molecular weight is 324 g/mol. The molecular weight excluding hydrogens is 310 g/mol. The molecule has 2 N–H and O–H groups in total. The molecule has 0 bridgehead atoms. The van der Waals surface area contributed by atoms with E-state index in [0.29, 0.717) is 11.3 Å². The van der Waals surface area contributed by atoms with E-state index in [9.17, 15) is 4.79 Å². The van der Waals surface area contributed by atoms with Crippen LogP contribution < -0.4 is 10.5 Å². The Bertz CT molecular complexity index is 673. The lowest BCUT2D eigenvalue weighted by Crippen LogP contribution is -2.22. The van der Waals surface area contributed by atoms with E-state index < -0.39 is 6.16 Å². The summed E-state index contributed by atoms with van der Waals surface area (Å²) in [5, 5.41) is 4.34. The summed E-state index contributed by atoms with van der Waals surface area (Å²) in [6.45, 7) is -0.0214. The number of para-hydroxylation sites is 1. The number of pyridine rings is 1. The fraction of sp³-hybridized carbons (Fsp3) is 0.214. The lowest BCUT2D eigenvalue weighted by atomic mass is 10.2. The molecule has 0 aliphatic heterocycles. The molecule has 0 atom stereocenters. The molecule has 0 aliphatic rings. The van der Waals surface area contributed by atoms with E-state index in [0.717, 1.165) is 5.39 Å². The second-order valence-electron chi connectivity index (χ2n) is 4.08. The second-order valence-corrected chi connectivity index (χ2v) is 4.46. The summed E-state index contributed by atoms with van der Waals surface area (Å²) < 4.78 is 10.1. The van der Waals surface area contributed by atoms with Gasteiger partial charge in [0.25, 0.3) is 0 Å². The third-order valence-corrected chi connectivity index (χ3v) is 2.66. The Morgan fingerprint density at radius 1 is 1.32 bits per heavy atom. The van der Waals surface area contributed by atoms with E-state index in [4.69, 9.17) is 22.1 Å². The molecule has 0 fully saturated rings. The molecule has 22 heavy (non-hydrogen) atoms.